The third-order valence-electron chi connectivity index (χ3n) is 5.58. The van der Waals surface area contributed by atoms with Gasteiger partial charge in [0.25, 0.3) is 0 Å². The standard InChI is InChI=1S/C28H26O6/c29-22-5-1-3-18(13-22)7-8-19-4-2-6-23(14-19)34-28-26(32)16-21(17-27(28)33)10-9-20-11-12-24(30)25(31)15-20/h1-6,11-17,29-33H,7-10H2. The third-order valence-corrected chi connectivity index (χ3v) is 5.58. The lowest BCUT2D eigenvalue weighted by atomic mass is 10.0. The normalized spacial score (nSPS) is 10.8. The molecule has 0 aromatic heterocycles. The highest BCUT2D eigenvalue weighted by molar-refractivity contribution is 5.54. The van der Waals surface area contributed by atoms with Gasteiger partial charge >= 0.3 is 0 Å². The van der Waals surface area contributed by atoms with Gasteiger partial charge in [-0.25, -0.2) is 0 Å². The van der Waals surface area contributed by atoms with E-state index in [2.05, 4.69) is 0 Å². The van der Waals surface area contributed by atoms with Gasteiger partial charge in [-0.1, -0.05) is 30.3 Å². The molecule has 6 heteroatoms. The highest BCUT2D eigenvalue weighted by Gasteiger charge is 2.13. The maximum Gasteiger partial charge on any atom is 0.210 e. The molecule has 0 fully saturated rings. The van der Waals surface area contributed by atoms with Gasteiger partial charge in [0.1, 0.15) is 11.5 Å². The highest BCUT2D eigenvalue weighted by atomic mass is 16.5. The van der Waals surface area contributed by atoms with Gasteiger partial charge in [0.05, 0.1) is 0 Å². The number of benzene rings is 4. The number of hydrogen-bond donors (Lipinski definition) is 5. The Kier molecular flexibility index (Phi) is 6.78. The molecule has 4 aromatic rings. The SMILES string of the molecule is Oc1cccc(CCc2cccc(Oc3c(O)cc(CCc4ccc(O)c(O)c4)cc3O)c2)c1. The predicted octanol–water partition coefficient (Wildman–Crippen LogP) is 5.58. The van der Waals surface area contributed by atoms with Crippen molar-refractivity contribution in [3.63, 3.8) is 0 Å². The van der Waals surface area contributed by atoms with Crippen molar-refractivity contribution >= 4 is 0 Å². The molecule has 34 heavy (non-hydrogen) atoms. The van der Waals surface area contributed by atoms with E-state index in [4.69, 9.17) is 4.74 Å². The monoisotopic (exact) mass is 458 g/mol. The van der Waals surface area contributed by atoms with Crippen molar-refractivity contribution in [1.82, 2.24) is 0 Å². The summed E-state index contributed by atoms with van der Waals surface area (Å²) in [5.74, 6) is 0.00942. The van der Waals surface area contributed by atoms with Crippen LogP contribution in [0.1, 0.15) is 22.3 Å². The molecule has 5 N–H and O–H groups in total. The molecule has 0 unspecified atom stereocenters. The quantitative estimate of drug-likeness (QED) is 0.221. The summed E-state index contributed by atoms with van der Waals surface area (Å²) >= 11 is 0. The highest BCUT2D eigenvalue weighted by Crippen LogP contribution is 2.40. The van der Waals surface area contributed by atoms with E-state index >= 15 is 0 Å². The zero-order chi connectivity index (χ0) is 24.1. The lowest BCUT2D eigenvalue weighted by Crippen LogP contribution is -1.94. The smallest absolute Gasteiger partial charge is 0.210 e. The minimum absolute atomic E-state index is 0.0174. The molecule has 6 nitrogen and oxygen atoms in total. The summed E-state index contributed by atoms with van der Waals surface area (Å²) in [6.45, 7) is 0. The van der Waals surface area contributed by atoms with Gasteiger partial charge in [0.15, 0.2) is 23.0 Å². The fourth-order valence-electron chi connectivity index (χ4n) is 3.80. The molecular formula is C28H26O6. The molecule has 4 rings (SSSR count). The Morgan fingerprint density at radius 3 is 1.68 bits per heavy atom. The molecule has 0 bridgehead atoms. The van der Waals surface area contributed by atoms with Crippen LogP contribution in [-0.2, 0) is 25.7 Å². The summed E-state index contributed by atoms with van der Waals surface area (Å²) in [5, 5.41) is 49.6. The Balaban J connectivity index is 1.42. The summed E-state index contributed by atoms with van der Waals surface area (Å²) < 4.78 is 5.80. The summed E-state index contributed by atoms with van der Waals surface area (Å²) in [7, 11) is 0. The lowest BCUT2D eigenvalue weighted by molar-refractivity contribution is 0.375. The van der Waals surface area contributed by atoms with Crippen LogP contribution in [0.5, 0.6) is 40.2 Å². The van der Waals surface area contributed by atoms with Crippen LogP contribution in [-0.4, -0.2) is 25.5 Å². The number of aromatic hydroxyl groups is 5. The van der Waals surface area contributed by atoms with Crippen molar-refractivity contribution in [1.29, 1.82) is 0 Å². The van der Waals surface area contributed by atoms with Gasteiger partial charge in [-0.05, 0) is 96.5 Å². The van der Waals surface area contributed by atoms with Crippen LogP contribution in [0.25, 0.3) is 0 Å². The van der Waals surface area contributed by atoms with Gasteiger partial charge in [0.2, 0.25) is 5.75 Å². The van der Waals surface area contributed by atoms with E-state index in [1.165, 1.54) is 12.1 Å². The first-order chi connectivity index (χ1) is 16.4. The number of aryl methyl sites for hydroxylation is 4. The molecule has 0 amide bonds. The van der Waals surface area contributed by atoms with Crippen molar-refractivity contribution in [2.24, 2.45) is 0 Å². The maximum absolute atomic E-state index is 10.5. The first-order valence-corrected chi connectivity index (χ1v) is 11.0. The van der Waals surface area contributed by atoms with Crippen LogP contribution < -0.4 is 4.74 Å². The Bertz CT molecular complexity index is 1270. The molecule has 0 spiro atoms. The fraction of sp³-hybridized carbons (Fsp3) is 0.143. The van der Waals surface area contributed by atoms with Gasteiger partial charge in [-0.3, -0.25) is 0 Å². The van der Waals surface area contributed by atoms with Crippen molar-refractivity contribution in [2.45, 2.75) is 25.7 Å². The zero-order valence-corrected chi connectivity index (χ0v) is 18.5. The van der Waals surface area contributed by atoms with Crippen LogP contribution in [0, 0.1) is 0 Å². The van der Waals surface area contributed by atoms with Crippen LogP contribution in [0.3, 0.4) is 0 Å². The zero-order valence-electron chi connectivity index (χ0n) is 18.5. The summed E-state index contributed by atoms with van der Waals surface area (Å²) in [6.07, 6.45) is 2.55. The second kappa shape index (κ2) is 10.1. The average molecular weight is 459 g/mol. The molecule has 0 aliphatic heterocycles. The summed E-state index contributed by atoms with van der Waals surface area (Å²) in [5.41, 5.74) is 3.57. The van der Waals surface area contributed by atoms with Crippen LogP contribution in [0.2, 0.25) is 0 Å². The average Bonchev–Trinajstić information content (AvgIpc) is 2.81. The molecule has 0 aliphatic carbocycles. The second-order valence-corrected chi connectivity index (χ2v) is 8.21. The largest absolute Gasteiger partial charge is 0.508 e. The molecular weight excluding hydrogens is 432 g/mol. The molecule has 0 radical (unpaired) electrons. The molecule has 4 aromatic carbocycles. The molecule has 0 atom stereocenters. The number of rotatable bonds is 8. The Labute approximate surface area is 197 Å². The molecule has 0 saturated heterocycles. The number of phenols is 5. The number of ether oxygens (including phenoxy) is 1. The van der Waals surface area contributed by atoms with Gasteiger partial charge in [0, 0.05) is 0 Å². The second-order valence-electron chi connectivity index (χ2n) is 8.21. The van der Waals surface area contributed by atoms with Crippen LogP contribution in [0.4, 0.5) is 0 Å². The van der Waals surface area contributed by atoms with Crippen molar-refractivity contribution in [3.8, 4) is 40.2 Å². The fourth-order valence-corrected chi connectivity index (χ4v) is 3.80. The molecule has 174 valence electrons. The number of hydrogen-bond acceptors (Lipinski definition) is 6. The Morgan fingerprint density at radius 2 is 1.03 bits per heavy atom. The third kappa shape index (κ3) is 5.72. The molecule has 0 saturated carbocycles. The van der Waals surface area contributed by atoms with Gasteiger partial charge < -0.3 is 30.3 Å². The molecule has 0 heterocycles. The van der Waals surface area contributed by atoms with Gasteiger partial charge in [-0.15, -0.1) is 0 Å². The van der Waals surface area contributed by atoms with E-state index in [0.717, 1.165) is 29.5 Å². The summed E-state index contributed by atoms with van der Waals surface area (Å²) in [6, 6.07) is 22.3. The van der Waals surface area contributed by atoms with Crippen molar-refractivity contribution < 1.29 is 30.3 Å². The Hall–Kier alpha value is -4.32. The first kappa shape index (κ1) is 22.9. The minimum Gasteiger partial charge on any atom is -0.508 e. The molecule has 0 aliphatic rings. The first-order valence-electron chi connectivity index (χ1n) is 11.0. The van der Waals surface area contributed by atoms with E-state index in [1.807, 2.05) is 30.3 Å². The van der Waals surface area contributed by atoms with E-state index in [1.54, 1.807) is 36.4 Å². The topological polar surface area (TPSA) is 110 Å². The number of phenolic OH excluding ortho intramolecular Hbond substituents is 5. The van der Waals surface area contributed by atoms with E-state index in [0.29, 0.717) is 24.2 Å². The minimum atomic E-state index is -0.184. The Morgan fingerprint density at radius 1 is 0.471 bits per heavy atom. The van der Waals surface area contributed by atoms with Crippen molar-refractivity contribution in [3.05, 3.63) is 101 Å². The van der Waals surface area contributed by atoms with E-state index in [-0.39, 0.29) is 34.5 Å². The van der Waals surface area contributed by atoms with Crippen LogP contribution in [0.15, 0.2) is 78.9 Å². The van der Waals surface area contributed by atoms with E-state index in [9.17, 15) is 25.5 Å². The van der Waals surface area contributed by atoms with Gasteiger partial charge in [-0.2, -0.15) is 0 Å². The van der Waals surface area contributed by atoms with Crippen molar-refractivity contribution in [2.75, 3.05) is 0 Å². The lowest BCUT2D eigenvalue weighted by Gasteiger charge is -2.13. The predicted molar refractivity (Wildman–Crippen MR) is 129 cm³/mol. The van der Waals surface area contributed by atoms with E-state index < -0.39 is 0 Å². The maximum atomic E-state index is 10.5. The summed E-state index contributed by atoms with van der Waals surface area (Å²) in [4.78, 5) is 0. The van der Waals surface area contributed by atoms with Crippen LogP contribution >= 0.6 is 0 Å².